The summed E-state index contributed by atoms with van der Waals surface area (Å²) in [5.74, 6) is 0. The zero-order chi connectivity index (χ0) is 46.2. The summed E-state index contributed by atoms with van der Waals surface area (Å²) >= 11 is 0. The minimum absolute atomic E-state index is 0.274. The van der Waals surface area contributed by atoms with Crippen LogP contribution in [0.15, 0.2) is 164 Å². The topological polar surface area (TPSA) is 337 Å². The van der Waals surface area contributed by atoms with Gasteiger partial charge in [-0.2, -0.15) is 0 Å². The molecule has 0 unspecified atom stereocenters. The number of benzene rings is 7. The molecule has 21 heteroatoms. The normalized spacial score (nSPS) is 9.90. The van der Waals surface area contributed by atoms with Gasteiger partial charge in [-0.05, 0) is 106 Å². The molecule has 0 aliphatic heterocycles. The number of nitrogens with zero attached hydrogens (tertiary/aromatic N) is 6. The predicted octanol–water partition coefficient (Wildman–Crippen LogP) is 9.94. The van der Waals surface area contributed by atoms with Crippen LogP contribution in [0.2, 0.25) is 0 Å². The van der Waals surface area contributed by atoms with E-state index in [2.05, 4.69) is 18.2 Å². The average Bonchev–Trinajstić information content (AvgIpc) is 3.27. The van der Waals surface area contributed by atoms with Gasteiger partial charge in [0.25, 0.3) is 34.1 Å². The molecule has 0 saturated carbocycles. The first kappa shape index (κ1) is 46.0. The molecule has 0 amide bonds. The Hall–Kier alpha value is -9.66. The SMILES string of the molecule is Nc1ccc(-c2cc(-c3ccc(N)cc3)cc(-c3ccc(N)cc3)c2)cc1.O=[N+]([O-])c1cccc([N+](=O)[O-])c1.O=[N+]([O-])c1cccc([N+](=O)[O-])c1.O=[N+]([O-])c1cccc([N+](=O)[O-])c1. The Labute approximate surface area is 355 Å². The molecule has 0 bridgehead atoms. The van der Waals surface area contributed by atoms with Gasteiger partial charge in [0, 0.05) is 53.5 Å². The number of nitrogen functional groups attached to an aromatic ring is 3. The Kier molecular flexibility index (Phi) is 15.6. The Bertz CT molecular complexity index is 2390. The van der Waals surface area contributed by atoms with Crippen LogP contribution in [0.25, 0.3) is 33.4 Å². The Balaban J connectivity index is 0.000000203. The first-order chi connectivity index (χ1) is 29.9. The van der Waals surface area contributed by atoms with Gasteiger partial charge in [-0.15, -0.1) is 0 Å². The molecular formula is C42H33N9O12. The molecule has 0 saturated heterocycles. The van der Waals surface area contributed by atoms with Crippen molar-refractivity contribution in [2.24, 2.45) is 0 Å². The molecule has 6 N–H and O–H groups in total. The zero-order valence-corrected chi connectivity index (χ0v) is 32.4. The van der Waals surface area contributed by atoms with E-state index < -0.39 is 29.5 Å². The first-order valence-corrected chi connectivity index (χ1v) is 17.8. The highest BCUT2D eigenvalue weighted by molar-refractivity contribution is 5.82. The van der Waals surface area contributed by atoms with Crippen molar-refractivity contribution in [2.75, 3.05) is 17.2 Å². The molecule has 63 heavy (non-hydrogen) atoms. The fourth-order valence-electron chi connectivity index (χ4n) is 5.31. The van der Waals surface area contributed by atoms with Crippen molar-refractivity contribution in [2.45, 2.75) is 0 Å². The van der Waals surface area contributed by atoms with Crippen LogP contribution in [0.1, 0.15) is 0 Å². The van der Waals surface area contributed by atoms with Crippen molar-refractivity contribution in [3.8, 4) is 33.4 Å². The number of nitro benzene ring substituents is 6. The lowest BCUT2D eigenvalue weighted by molar-refractivity contribution is -0.394. The third-order valence-electron chi connectivity index (χ3n) is 8.42. The number of non-ortho nitro benzene ring substituents is 6. The highest BCUT2D eigenvalue weighted by atomic mass is 16.6. The number of hydrogen-bond donors (Lipinski definition) is 3. The van der Waals surface area contributed by atoms with E-state index in [-0.39, 0.29) is 34.1 Å². The average molecular weight is 856 g/mol. The Morgan fingerprint density at radius 1 is 0.254 bits per heavy atom. The molecule has 7 rings (SSSR count). The monoisotopic (exact) mass is 855 g/mol. The van der Waals surface area contributed by atoms with E-state index in [0.29, 0.717) is 0 Å². The summed E-state index contributed by atoms with van der Waals surface area (Å²) in [6, 6.07) is 44.2. The van der Waals surface area contributed by atoms with Gasteiger partial charge in [0.15, 0.2) is 0 Å². The summed E-state index contributed by atoms with van der Waals surface area (Å²) in [6.45, 7) is 0. The van der Waals surface area contributed by atoms with Crippen LogP contribution < -0.4 is 17.2 Å². The van der Waals surface area contributed by atoms with Crippen molar-refractivity contribution >= 4 is 51.2 Å². The minimum Gasteiger partial charge on any atom is -0.399 e. The van der Waals surface area contributed by atoms with Crippen LogP contribution in [0.5, 0.6) is 0 Å². The molecule has 0 radical (unpaired) electrons. The summed E-state index contributed by atoms with van der Waals surface area (Å²) in [5, 5.41) is 61.0. The molecule has 0 fully saturated rings. The van der Waals surface area contributed by atoms with Gasteiger partial charge in [0.05, 0.1) is 47.7 Å². The number of anilines is 3. The van der Waals surface area contributed by atoms with Gasteiger partial charge in [0.1, 0.15) is 0 Å². The maximum Gasteiger partial charge on any atom is 0.276 e. The van der Waals surface area contributed by atoms with E-state index >= 15 is 0 Å². The van der Waals surface area contributed by atoms with Crippen LogP contribution in [-0.2, 0) is 0 Å². The molecule has 7 aromatic rings. The fraction of sp³-hybridized carbons (Fsp3) is 0. The quantitative estimate of drug-likeness (QED) is 0.0690. The van der Waals surface area contributed by atoms with Gasteiger partial charge in [-0.3, -0.25) is 60.7 Å². The summed E-state index contributed by atoms with van der Waals surface area (Å²) in [6.07, 6.45) is 0. The maximum absolute atomic E-state index is 10.2. The van der Waals surface area contributed by atoms with E-state index in [0.717, 1.165) is 68.6 Å². The molecule has 21 nitrogen and oxygen atoms in total. The third-order valence-corrected chi connectivity index (χ3v) is 8.42. The summed E-state index contributed by atoms with van der Waals surface area (Å²) in [4.78, 5) is 56.9. The predicted molar refractivity (Wildman–Crippen MR) is 235 cm³/mol. The highest BCUT2D eigenvalue weighted by Gasteiger charge is 2.14. The Morgan fingerprint density at radius 2 is 0.429 bits per heavy atom. The van der Waals surface area contributed by atoms with Gasteiger partial charge in [-0.25, -0.2) is 0 Å². The number of rotatable bonds is 9. The largest absolute Gasteiger partial charge is 0.399 e. The van der Waals surface area contributed by atoms with Crippen LogP contribution >= 0.6 is 0 Å². The van der Waals surface area contributed by atoms with Crippen LogP contribution in [-0.4, -0.2) is 29.5 Å². The molecule has 0 spiro atoms. The third kappa shape index (κ3) is 13.7. The van der Waals surface area contributed by atoms with Crippen molar-refractivity contribution in [3.05, 3.63) is 224 Å². The van der Waals surface area contributed by atoms with E-state index in [4.69, 9.17) is 17.2 Å². The fourth-order valence-corrected chi connectivity index (χ4v) is 5.31. The molecule has 0 heterocycles. The van der Waals surface area contributed by atoms with Crippen LogP contribution in [0.4, 0.5) is 51.2 Å². The second kappa shape index (κ2) is 21.4. The lowest BCUT2D eigenvalue weighted by Gasteiger charge is -2.12. The molecule has 7 aromatic carbocycles. The standard InChI is InChI=1S/C24H21N3.3C6H4N2O4/c25-22-7-1-16(2-8-22)19-13-20(17-3-9-23(26)10-4-17)15-21(14-19)18-5-11-24(27)12-6-18;3*9-7(10)5-2-1-3-6(4-5)8(11)12/h1-15H,25-27H2;3*1-4H. The maximum atomic E-state index is 10.2. The lowest BCUT2D eigenvalue weighted by Crippen LogP contribution is -1.91. The van der Waals surface area contributed by atoms with Gasteiger partial charge in [-0.1, -0.05) is 36.4 Å². The highest BCUT2D eigenvalue weighted by Crippen LogP contribution is 2.34. The van der Waals surface area contributed by atoms with E-state index in [9.17, 15) is 60.7 Å². The van der Waals surface area contributed by atoms with E-state index in [1.54, 1.807) is 0 Å². The summed E-state index contributed by atoms with van der Waals surface area (Å²) in [7, 11) is 0. The molecule has 0 aromatic heterocycles. The molecular weight excluding hydrogens is 823 g/mol. The minimum atomic E-state index is -0.674. The molecule has 0 atom stereocenters. The zero-order valence-electron chi connectivity index (χ0n) is 32.4. The van der Waals surface area contributed by atoms with Gasteiger partial charge >= 0.3 is 0 Å². The van der Waals surface area contributed by atoms with Gasteiger partial charge < -0.3 is 17.2 Å². The second-order valence-corrected chi connectivity index (χ2v) is 12.8. The van der Waals surface area contributed by atoms with E-state index in [1.165, 1.54) is 54.6 Å². The Morgan fingerprint density at radius 3 is 0.587 bits per heavy atom. The smallest absolute Gasteiger partial charge is 0.276 e. The molecule has 0 aliphatic carbocycles. The number of nitrogens with two attached hydrogens (primary N) is 3. The second-order valence-electron chi connectivity index (χ2n) is 12.8. The number of nitro groups is 6. The van der Waals surface area contributed by atoms with Crippen molar-refractivity contribution in [1.82, 2.24) is 0 Å². The summed E-state index contributed by atoms with van der Waals surface area (Å²) in [5.41, 5.74) is 25.0. The molecule has 318 valence electrons. The van der Waals surface area contributed by atoms with Crippen molar-refractivity contribution < 1.29 is 29.5 Å². The van der Waals surface area contributed by atoms with Crippen LogP contribution in [0, 0.1) is 60.7 Å². The van der Waals surface area contributed by atoms with Gasteiger partial charge in [0.2, 0.25) is 0 Å². The van der Waals surface area contributed by atoms with Crippen molar-refractivity contribution in [1.29, 1.82) is 0 Å². The first-order valence-electron chi connectivity index (χ1n) is 17.8. The van der Waals surface area contributed by atoms with E-state index in [1.807, 2.05) is 72.8 Å². The summed E-state index contributed by atoms with van der Waals surface area (Å²) < 4.78 is 0. The van der Waals surface area contributed by atoms with Crippen molar-refractivity contribution in [3.63, 3.8) is 0 Å². The number of hydrogen-bond acceptors (Lipinski definition) is 15. The lowest BCUT2D eigenvalue weighted by atomic mass is 9.93. The molecule has 0 aliphatic rings. The van der Waals surface area contributed by atoms with Crippen LogP contribution in [0.3, 0.4) is 0 Å².